The van der Waals surface area contributed by atoms with E-state index in [1.165, 1.54) is 0 Å². The Morgan fingerprint density at radius 2 is 2.06 bits per heavy atom. The zero-order valence-corrected chi connectivity index (χ0v) is 11.2. The fourth-order valence-corrected chi connectivity index (χ4v) is 1.64. The van der Waals surface area contributed by atoms with Crippen LogP contribution in [-0.2, 0) is 4.74 Å². The van der Waals surface area contributed by atoms with Crippen molar-refractivity contribution in [3.8, 4) is 5.75 Å². The first kappa shape index (κ1) is 14.3. The van der Waals surface area contributed by atoms with Crippen molar-refractivity contribution >= 4 is 11.6 Å². The van der Waals surface area contributed by atoms with E-state index >= 15 is 0 Å². The molecule has 0 aliphatic rings. The topological polar surface area (TPSA) is 30.5 Å². The van der Waals surface area contributed by atoms with Gasteiger partial charge in [0.25, 0.3) is 0 Å². The van der Waals surface area contributed by atoms with E-state index in [0.29, 0.717) is 13.2 Å². The molecule has 4 heteroatoms. The molecule has 3 nitrogen and oxygen atoms in total. The van der Waals surface area contributed by atoms with Gasteiger partial charge in [-0.05, 0) is 37.2 Å². The van der Waals surface area contributed by atoms with Crippen LogP contribution >= 0.6 is 11.6 Å². The van der Waals surface area contributed by atoms with E-state index in [1.54, 1.807) is 0 Å². The minimum atomic E-state index is 0.564. The molecule has 0 aliphatic carbocycles. The Labute approximate surface area is 108 Å². The summed E-state index contributed by atoms with van der Waals surface area (Å²) in [7, 11) is 0. The number of aryl methyl sites for hydroxylation is 1. The smallest absolute Gasteiger partial charge is 0.122 e. The van der Waals surface area contributed by atoms with Crippen molar-refractivity contribution in [2.45, 2.75) is 13.8 Å². The highest BCUT2D eigenvalue weighted by Crippen LogP contribution is 2.21. The summed E-state index contributed by atoms with van der Waals surface area (Å²) < 4.78 is 11.0. The van der Waals surface area contributed by atoms with Crippen molar-refractivity contribution in [2.75, 3.05) is 32.9 Å². The SMILES string of the molecule is CCNCCOCCOc1ccc(Cl)cc1C. The molecule has 0 heterocycles. The molecule has 0 fully saturated rings. The van der Waals surface area contributed by atoms with Crippen LogP contribution < -0.4 is 10.1 Å². The van der Waals surface area contributed by atoms with Gasteiger partial charge in [0.1, 0.15) is 12.4 Å². The van der Waals surface area contributed by atoms with Gasteiger partial charge in [-0.3, -0.25) is 0 Å². The Morgan fingerprint density at radius 1 is 1.24 bits per heavy atom. The monoisotopic (exact) mass is 257 g/mol. The second-order valence-electron chi connectivity index (χ2n) is 3.72. The molecule has 0 spiro atoms. The highest BCUT2D eigenvalue weighted by Gasteiger charge is 1.99. The molecular formula is C13H20ClNO2. The number of rotatable bonds is 8. The van der Waals surface area contributed by atoms with Crippen molar-refractivity contribution in [3.05, 3.63) is 28.8 Å². The lowest BCUT2D eigenvalue weighted by atomic mass is 10.2. The molecule has 0 atom stereocenters. The van der Waals surface area contributed by atoms with Gasteiger partial charge in [-0.15, -0.1) is 0 Å². The van der Waals surface area contributed by atoms with Gasteiger partial charge in [0, 0.05) is 11.6 Å². The first-order valence-corrected chi connectivity index (χ1v) is 6.29. The number of nitrogens with one attached hydrogen (secondary N) is 1. The van der Waals surface area contributed by atoms with Gasteiger partial charge in [0.2, 0.25) is 0 Å². The molecule has 0 unspecified atom stereocenters. The molecule has 1 rings (SSSR count). The first-order valence-electron chi connectivity index (χ1n) is 5.91. The summed E-state index contributed by atoms with van der Waals surface area (Å²) in [5.41, 5.74) is 1.05. The first-order chi connectivity index (χ1) is 8.24. The normalized spacial score (nSPS) is 10.5. The molecule has 0 aliphatic heterocycles. The van der Waals surface area contributed by atoms with E-state index in [0.717, 1.165) is 36.0 Å². The van der Waals surface area contributed by atoms with Crippen molar-refractivity contribution in [1.29, 1.82) is 0 Å². The van der Waals surface area contributed by atoms with Crippen molar-refractivity contribution in [2.24, 2.45) is 0 Å². The lowest BCUT2D eigenvalue weighted by Crippen LogP contribution is -2.20. The zero-order chi connectivity index (χ0) is 12.5. The molecule has 1 N–H and O–H groups in total. The molecule has 1 aromatic carbocycles. The lowest BCUT2D eigenvalue weighted by molar-refractivity contribution is 0.102. The van der Waals surface area contributed by atoms with E-state index in [9.17, 15) is 0 Å². The van der Waals surface area contributed by atoms with Crippen LogP contribution in [0.1, 0.15) is 12.5 Å². The van der Waals surface area contributed by atoms with E-state index in [-0.39, 0.29) is 0 Å². The van der Waals surface area contributed by atoms with Crippen molar-refractivity contribution in [3.63, 3.8) is 0 Å². The molecule has 0 saturated carbocycles. The summed E-state index contributed by atoms with van der Waals surface area (Å²) in [6.07, 6.45) is 0. The molecular weight excluding hydrogens is 238 g/mol. The van der Waals surface area contributed by atoms with Crippen LogP contribution in [0.15, 0.2) is 18.2 Å². The number of halogens is 1. The molecule has 0 radical (unpaired) electrons. The van der Waals surface area contributed by atoms with Gasteiger partial charge >= 0.3 is 0 Å². The molecule has 0 aromatic heterocycles. The number of benzene rings is 1. The summed E-state index contributed by atoms with van der Waals surface area (Å²) in [6.45, 7) is 7.80. The summed E-state index contributed by atoms with van der Waals surface area (Å²) in [4.78, 5) is 0. The average Bonchev–Trinajstić information content (AvgIpc) is 2.30. The van der Waals surface area contributed by atoms with E-state index < -0.39 is 0 Å². The van der Waals surface area contributed by atoms with E-state index in [4.69, 9.17) is 21.1 Å². The largest absolute Gasteiger partial charge is 0.491 e. The minimum Gasteiger partial charge on any atom is -0.491 e. The highest BCUT2D eigenvalue weighted by molar-refractivity contribution is 6.30. The molecule has 0 bridgehead atoms. The second-order valence-corrected chi connectivity index (χ2v) is 4.16. The van der Waals surface area contributed by atoms with Crippen LogP contribution in [0, 0.1) is 6.92 Å². The maximum Gasteiger partial charge on any atom is 0.122 e. The Hall–Kier alpha value is -0.770. The van der Waals surface area contributed by atoms with Crippen molar-refractivity contribution in [1.82, 2.24) is 5.32 Å². The Kier molecular flexibility index (Phi) is 7.01. The van der Waals surface area contributed by atoms with Crippen LogP contribution in [0.2, 0.25) is 5.02 Å². The van der Waals surface area contributed by atoms with Gasteiger partial charge in [-0.25, -0.2) is 0 Å². The van der Waals surface area contributed by atoms with Gasteiger partial charge in [-0.2, -0.15) is 0 Å². The standard InChI is InChI=1S/C13H20ClNO2/c1-3-15-6-7-16-8-9-17-13-5-4-12(14)10-11(13)2/h4-5,10,15H,3,6-9H2,1-2H3. The minimum absolute atomic E-state index is 0.564. The summed E-state index contributed by atoms with van der Waals surface area (Å²) in [5, 5.41) is 3.92. The molecule has 0 amide bonds. The van der Waals surface area contributed by atoms with E-state index in [1.807, 2.05) is 25.1 Å². The fraction of sp³-hybridized carbons (Fsp3) is 0.538. The third-order valence-corrected chi connectivity index (χ3v) is 2.53. The number of ether oxygens (including phenoxy) is 2. The Balaban J connectivity index is 2.14. The predicted molar refractivity (Wildman–Crippen MR) is 71.0 cm³/mol. The van der Waals surface area contributed by atoms with Gasteiger partial charge in [0.15, 0.2) is 0 Å². The number of likely N-dealkylation sites (N-methyl/N-ethyl adjacent to an activating group) is 1. The third-order valence-electron chi connectivity index (χ3n) is 2.30. The molecule has 17 heavy (non-hydrogen) atoms. The van der Waals surface area contributed by atoms with Crippen LogP contribution in [0.3, 0.4) is 0 Å². The Morgan fingerprint density at radius 3 is 2.76 bits per heavy atom. The number of hydrogen-bond acceptors (Lipinski definition) is 3. The maximum absolute atomic E-state index is 5.86. The van der Waals surface area contributed by atoms with Crippen LogP contribution in [0.5, 0.6) is 5.75 Å². The highest BCUT2D eigenvalue weighted by atomic mass is 35.5. The molecule has 0 saturated heterocycles. The average molecular weight is 258 g/mol. The summed E-state index contributed by atoms with van der Waals surface area (Å²) >= 11 is 5.86. The van der Waals surface area contributed by atoms with Gasteiger partial charge in [-0.1, -0.05) is 18.5 Å². The molecule has 96 valence electrons. The third kappa shape index (κ3) is 5.91. The quantitative estimate of drug-likeness (QED) is 0.727. The molecule has 1 aromatic rings. The Bertz CT molecular complexity index is 331. The second kappa shape index (κ2) is 8.34. The lowest BCUT2D eigenvalue weighted by Gasteiger charge is -2.09. The number of hydrogen-bond donors (Lipinski definition) is 1. The van der Waals surface area contributed by atoms with E-state index in [2.05, 4.69) is 12.2 Å². The fourth-order valence-electron chi connectivity index (χ4n) is 1.41. The predicted octanol–water partition coefficient (Wildman–Crippen LogP) is 2.65. The maximum atomic E-state index is 5.86. The van der Waals surface area contributed by atoms with Crippen LogP contribution in [-0.4, -0.2) is 32.9 Å². The van der Waals surface area contributed by atoms with Gasteiger partial charge in [0.05, 0.1) is 13.2 Å². The van der Waals surface area contributed by atoms with Gasteiger partial charge < -0.3 is 14.8 Å². The van der Waals surface area contributed by atoms with Crippen LogP contribution in [0.25, 0.3) is 0 Å². The van der Waals surface area contributed by atoms with Crippen LogP contribution in [0.4, 0.5) is 0 Å². The van der Waals surface area contributed by atoms with Crippen molar-refractivity contribution < 1.29 is 9.47 Å². The summed E-state index contributed by atoms with van der Waals surface area (Å²) in [5.74, 6) is 0.865. The zero-order valence-electron chi connectivity index (χ0n) is 10.5. The summed E-state index contributed by atoms with van der Waals surface area (Å²) in [6, 6.07) is 5.61.